The summed E-state index contributed by atoms with van der Waals surface area (Å²) in [7, 11) is 1.82. The van der Waals surface area contributed by atoms with Crippen molar-refractivity contribution in [2.24, 2.45) is 7.05 Å². The van der Waals surface area contributed by atoms with Crippen LogP contribution in [0.4, 0.5) is 0 Å². The minimum atomic E-state index is -0.515. The van der Waals surface area contributed by atoms with Crippen LogP contribution >= 0.6 is 11.6 Å². The zero-order chi connectivity index (χ0) is 13.8. The van der Waals surface area contributed by atoms with Crippen molar-refractivity contribution < 1.29 is 9.53 Å². The molecule has 1 aromatic carbocycles. The van der Waals surface area contributed by atoms with Crippen LogP contribution < -0.4 is 4.74 Å². The molecule has 0 amide bonds. The summed E-state index contributed by atoms with van der Waals surface area (Å²) >= 11 is 5.86. The molecule has 5 heteroatoms. The fourth-order valence-electron chi connectivity index (χ4n) is 1.72. The summed E-state index contributed by atoms with van der Waals surface area (Å²) in [6.45, 7) is 1.74. The van der Waals surface area contributed by atoms with Gasteiger partial charge in [0, 0.05) is 24.7 Å². The summed E-state index contributed by atoms with van der Waals surface area (Å²) in [5.74, 6) is 0.604. The third-order valence-corrected chi connectivity index (χ3v) is 2.93. The number of halogens is 1. The lowest BCUT2D eigenvalue weighted by atomic mass is 10.1. The van der Waals surface area contributed by atoms with Crippen LogP contribution in [0.5, 0.6) is 5.75 Å². The SMILES string of the molecule is CC(Oc1cccc(Cl)c1)C(=O)Cc1cnn(C)c1. The highest BCUT2D eigenvalue weighted by Gasteiger charge is 2.16. The second kappa shape index (κ2) is 5.89. The first-order valence-corrected chi connectivity index (χ1v) is 6.35. The van der Waals surface area contributed by atoms with Crippen LogP contribution in [-0.4, -0.2) is 21.7 Å². The summed E-state index contributed by atoms with van der Waals surface area (Å²) in [6.07, 6.45) is 3.31. The molecule has 0 spiro atoms. The molecule has 2 aromatic rings. The van der Waals surface area contributed by atoms with E-state index in [4.69, 9.17) is 16.3 Å². The molecule has 1 unspecified atom stereocenters. The molecule has 1 aromatic heterocycles. The van der Waals surface area contributed by atoms with Crippen molar-refractivity contribution in [2.45, 2.75) is 19.4 Å². The average Bonchev–Trinajstić information content (AvgIpc) is 2.74. The maximum absolute atomic E-state index is 12.0. The first-order valence-electron chi connectivity index (χ1n) is 5.97. The lowest BCUT2D eigenvalue weighted by Gasteiger charge is -2.13. The van der Waals surface area contributed by atoms with E-state index in [1.54, 1.807) is 42.1 Å². The van der Waals surface area contributed by atoms with Gasteiger partial charge in [-0.3, -0.25) is 9.48 Å². The Bertz CT molecular complexity index is 580. The number of Topliss-reactive ketones (excluding diaryl/α,β-unsaturated/α-hetero) is 1. The lowest BCUT2D eigenvalue weighted by Crippen LogP contribution is -2.25. The number of ketones is 1. The second-order valence-electron chi connectivity index (χ2n) is 4.38. The Morgan fingerprint density at radius 2 is 2.32 bits per heavy atom. The lowest BCUT2D eigenvalue weighted by molar-refractivity contribution is -0.124. The van der Waals surface area contributed by atoms with Gasteiger partial charge >= 0.3 is 0 Å². The number of rotatable bonds is 5. The summed E-state index contributed by atoms with van der Waals surface area (Å²) in [6, 6.07) is 7.02. The highest BCUT2D eigenvalue weighted by atomic mass is 35.5. The van der Waals surface area contributed by atoms with Crippen LogP contribution in [0, 0.1) is 0 Å². The van der Waals surface area contributed by atoms with Crippen molar-refractivity contribution in [2.75, 3.05) is 0 Å². The maximum Gasteiger partial charge on any atom is 0.177 e. The second-order valence-corrected chi connectivity index (χ2v) is 4.82. The van der Waals surface area contributed by atoms with Crippen LogP contribution in [0.25, 0.3) is 0 Å². The van der Waals surface area contributed by atoms with Crippen molar-refractivity contribution in [3.8, 4) is 5.75 Å². The first-order chi connectivity index (χ1) is 9.04. The number of carbonyl (C=O) groups excluding carboxylic acids is 1. The zero-order valence-corrected chi connectivity index (χ0v) is 11.6. The fourth-order valence-corrected chi connectivity index (χ4v) is 1.90. The molecule has 0 fully saturated rings. The van der Waals surface area contributed by atoms with E-state index >= 15 is 0 Å². The Labute approximate surface area is 116 Å². The number of aromatic nitrogens is 2. The predicted molar refractivity (Wildman–Crippen MR) is 73.5 cm³/mol. The molecule has 100 valence electrons. The predicted octanol–water partition coefficient (Wildman–Crippen LogP) is 2.65. The number of ether oxygens (including phenoxy) is 1. The Balaban J connectivity index is 1.96. The van der Waals surface area contributed by atoms with Crippen LogP contribution in [-0.2, 0) is 18.3 Å². The van der Waals surface area contributed by atoms with Gasteiger partial charge in [0.15, 0.2) is 11.9 Å². The molecule has 4 nitrogen and oxygen atoms in total. The van der Waals surface area contributed by atoms with Gasteiger partial charge in [0.1, 0.15) is 5.75 Å². The molecule has 0 saturated heterocycles. The molecule has 0 saturated carbocycles. The molecule has 0 N–H and O–H groups in total. The molecule has 0 aliphatic carbocycles. The van der Waals surface area contributed by atoms with Gasteiger partial charge in [-0.05, 0) is 30.7 Å². The largest absolute Gasteiger partial charge is 0.483 e. The smallest absolute Gasteiger partial charge is 0.177 e. The van der Waals surface area contributed by atoms with Crippen LogP contribution in [0.1, 0.15) is 12.5 Å². The van der Waals surface area contributed by atoms with Crippen molar-refractivity contribution in [1.29, 1.82) is 0 Å². The van der Waals surface area contributed by atoms with Gasteiger partial charge in [-0.1, -0.05) is 17.7 Å². The fraction of sp³-hybridized carbons (Fsp3) is 0.286. The van der Waals surface area contributed by atoms with Crippen LogP contribution in [0.2, 0.25) is 5.02 Å². The summed E-state index contributed by atoms with van der Waals surface area (Å²) < 4.78 is 7.25. The summed E-state index contributed by atoms with van der Waals surface area (Å²) in [4.78, 5) is 12.0. The molecular weight excluding hydrogens is 264 g/mol. The van der Waals surface area contributed by atoms with E-state index in [0.717, 1.165) is 5.56 Å². The van der Waals surface area contributed by atoms with Gasteiger partial charge in [-0.2, -0.15) is 5.10 Å². The number of hydrogen-bond donors (Lipinski definition) is 0. The van der Waals surface area contributed by atoms with Gasteiger partial charge in [0.05, 0.1) is 6.20 Å². The Hall–Kier alpha value is -1.81. The molecule has 0 aliphatic rings. The topological polar surface area (TPSA) is 44.1 Å². The zero-order valence-electron chi connectivity index (χ0n) is 10.8. The third kappa shape index (κ3) is 3.83. The van der Waals surface area contributed by atoms with E-state index in [2.05, 4.69) is 5.10 Å². The van der Waals surface area contributed by atoms with Crippen molar-refractivity contribution in [3.05, 3.63) is 47.2 Å². The molecule has 19 heavy (non-hydrogen) atoms. The van der Waals surface area contributed by atoms with Gasteiger partial charge in [0.25, 0.3) is 0 Å². The molecule has 1 atom stereocenters. The molecular formula is C14H15ClN2O2. The van der Waals surface area contributed by atoms with E-state index < -0.39 is 6.10 Å². The minimum absolute atomic E-state index is 0.00738. The molecule has 0 radical (unpaired) electrons. The monoisotopic (exact) mass is 278 g/mol. The number of benzene rings is 1. The van der Waals surface area contributed by atoms with E-state index in [9.17, 15) is 4.79 Å². The minimum Gasteiger partial charge on any atom is -0.483 e. The normalized spacial score (nSPS) is 12.2. The van der Waals surface area contributed by atoms with Crippen molar-refractivity contribution in [3.63, 3.8) is 0 Å². The molecule has 0 bridgehead atoms. The van der Waals surface area contributed by atoms with Gasteiger partial charge in [-0.15, -0.1) is 0 Å². The summed E-state index contributed by atoms with van der Waals surface area (Å²) in [5, 5.41) is 4.62. The number of aryl methyl sites for hydroxylation is 1. The quantitative estimate of drug-likeness (QED) is 0.844. The molecule has 1 heterocycles. The van der Waals surface area contributed by atoms with E-state index in [1.165, 1.54) is 0 Å². The highest BCUT2D eigenvalue weighted by Crippen LogP contribution is 2.18. The highest BCUT2D eigenvalue weighted by molar-refractivity contribution is 6.30. The van der Waals surface area contributed by atoms with Gasteiger partial charge in [0.2, 0.25) is 0 Å². The van der Waals surface area contributed by atoms with E-state index in [1.807, 2.05) is 13.2 Å². The number of hydrogen-bond acceptors (Lipinski definition) is 3. The Morgan fingerprint density at radius 3 is 2.95 bits per heavy atom. The first kappa shape index (κ1) is 13.6. The Kier molecular flexibility index (Phi) is 4.22. The Morgan fingerprint density at radius 1 is 1.53 bits per heavy atom. The average molecular weight is 279 g/mol. The maximum atomic E-state index is 12.0. The molecule has 0 aliphatic heterocycles. The van der Waals surface area contributed by atoms with Gasteiger partial charge in [-0.25, -0.2) is 0 Å². The van der Waals surface area contributed by atoms with E-state index in [0.29, 0.717) is 17.2 Å². The van der Waals surface area contributed by atoms with Gasteiger partial charge < -0.3 is 4.74 Å². The molecule has 2 rings (SSSR count). The van der Waals surface area contributed by atoms with Crippen LogP contribution in [0.3, 0.4) is 0 Å². The van der Waals surface area contributed by atoms with Crippen LogP contribution in [0.15, 0.2) is 36.7 Å². The number of carbonyl (C=O) groups is 1. The van der Waals surface area contributed by atoms with Crippen molar-refractivity contribution in [1.82, 2.24) is 9.78 Å². The standard InChI is InChI=1S/C14H15ClN2O2/c1-10(19-13-5-3-4-12(15)7-13)14(18)6-11-8-16-17(2)9-11/h3-5,7-10H,6H2,1-2H3. The third-order valence-electron chi connectivity index (χ3n) is 2.70. The van der Waals surface area contributed by atoms with Crippen molar-refractivity contribution >= 4 is 17.4 Å². The summed E-state index contributed by atoms with van der Waals surface area (Å²) in [5.41, 5.74) is 0.883. The van der Waals surface area contributed by atoms with E-state index in [-0.39, 0.29) is 5.78 Å². The number of nitrogens with zero attached hydrogens (tertiary/aromatic N) is 2.